The smallest absolute Gasteiger partial charge is 0.0596 e. The van der Waals surface area contributed by atoms with Crippen molar-refractivity contribution in [1.29, 1.82) is 0 Å². The molecule has 0 radical (unpaired) electrons. The minimum atomic E-state index is 0.487. The minimum Gasteiger partial charge on any atom is -0.312 e. The van der Waals surface area contributed by atoms with E-state index in [1.165, 1.54) is 63.9 Å². The maximum Gasteiger partial charge on any atom is 0.0596 e. The molecule has 1 saturated carbocycles. The first kappa shape index (κ1) is 17.0. The van der Waals surface area contributed by atoms with E-state index in [0.717, 1.165) is 24.2 Å². The predicted octanol–water partition coefficient (Wildman–Crippen LogP) is 3.13. The van der Waals surface area contributed by atoms with Gasteiger partial charge in [-0.05, 0) is 78.1 Å². The van der Waals surface area contributed by atoms with Gasteiger partial charge in [0.1, 0.15) is 0 Å². The van der Waals surface area contributed by atoms with E-state index in [4.69, 9.17) is 0 Å². The molecule has 1 atom stereocenters. The summed E-state index contributed by atoms with van der Waals surface area (Å²) in [6, 6.07) is 3.56. The molecule has 1 aromatic heterocycles. The Hall–Kier alpha value is -0.870. The van der Waals surface area contributed by atoms with Crippen molar-refractivity contribution in [3.63, 3.8) is 0 Å². The van der Waals surface area contributed by atoms with E-state index < -0.39 is 0 Å². The number of likely N-dealkylation sites (tertiary alicyclic amines) is 1. The summed E-state index contributed by atoms with van der Waals surface area (Å²) < 4.78 is 2.13. The van der Waals surface area contributed by atoms with Crippen LogP contribution in [0.4, 0.5) is 0 Å². The third-order valence-electron chi connectivity index (χ3n) is 5.80. The Morgan fingerprint density at radius 1 is 1.17 bits per heavy atom. The van der Waals surface area contributed by atoms with Crippen molar-refractivity contribution in [2.24, 2.45) is 5.92 Å². The van der Waals surface area contributed by atoms with Gasteiger partial charge in [-0.15, -0.1) is 0 Å². The number of nitrogens with zero attached hydrogens (tertiary/aromatic N) is 3. The zero-order chi connectivity index (χ0) is 16.2. The summed E-state index contributed by atoms with van der Waals surface area (Å²) >= 11 is 0. The largest absolute Gasteiger partial charge is 0.312 e. The molecule has 3 rings (SSSR count). The third-order valence-corrected chi connectivity index (χ3v) is 5.80. The molecule has 1 aliphatic carbocycles. The Labute approximate surface area is 141 Å². The third kappa shape index (κ3) is 4.57. The van der Waals surface area contributed by atoms with E-state index in [1.54, 1.807) is 0 Å². The monoisotopic (exact) mass is 318 g/mol. The molecule has 2 heterocycles. The lowest BCUT2D eigenvalue weighted by atomic mass is 9.95. The summed E-state index contributed by atoms with van der Waals surface area (Å²) in [5.74, 6) is 0.857. The fourth-order valence-electron chi connectivity index (χ4n) is 4.34. The molecule has 0 spiro atoms. The molecule has 1 saturated heterocycles. The predicted molar refractivity (Wildman–Crippen MR) is 95.7 cm³/mol. The van der Waals surface area contributed by atoms with Gasteiger partial charge in [0.2, 0.25) is 0 Å². The van der Waals surface area contributed by atoms with Gasteiger partial charge in [0.05, 0.1) is 12.2 Å². The molecule has 0 bridgehead atoms. The molecule has 4 heteroatoms. The molecule has 2 fully saturated rings. The summed E-state index contributed by atoms with van der Waals surface area (Å²) in [6.45, 7) is 11.3. The van der Waals surface area contributed by atoms with Gasteiger partial charge in [-0.25, -0.2) is 0 Å². The molecule has 2 aliphatic rings. The second kappa shape index (κ2) is 7.80. The molecule has 0 amide bonds. The highest BCUT2D eigenvalue weighted by Crippen LogP contribution is 2.27. The minimum absolute atomic E-state index is 0.487. The topological polar surface area (TPSA) is 33.1 Å². The summed E-state index contributed by atoms with van der Waals surface area (Å²) in [5, 5.41) is 8.31. The van der Waals surface area contributed by atoms with E-state index in [0.29, 0.717) is 6.04 Å². The van der Waals surface area contributed by atoms with Crippen LogP contribution in [-0.4, -0.2) is 46.4 Å². The van der Waals surface area contributed by atoms with Crippen molar-refractivity contribution in [3.8, 4) is 0 Å². The van der Waals surface area contributed by atoms with Gasteiger partial charge in [0.25, 0.3) is 0 Å². The van der Waals surface area contributed by atoms with Crippen LogP contribution in [0.25, 0.3) is 0 Å². The molecule has 0 aromatic carbocycles. The molecule has 1 aliphatic heterocycles. The summed E-state index contributed by atoms with van der Waals surface area (Å²) in [4.78, 5) is 2.77. The van der Waals surface area contributed by atoms with Crippen molar-refractivity contribution in [3.05, 3.63) is 17.5 Å². The lowest BCUT2D eigenvalue weighted by Crippen LogP contribution is -2.43. The number of nitrogens with one attached hydrogen (secondary N) is 1. The summed E-state index contributed by atoms with van der Waals surface area (Å²) in [6.07, 6.45) is 8.55. The summed E-state index contributed by atoms with van der Waals surface area (Å²) in [5.41, 5.74) is 2.38. The van der Waals surface area contributed by atoms with Crippen molar-refractivity contribution in [1.82, 2.24) is 20.0 Å². The fourth-order valence-corrected chi connectivity index (χ4v) is 4.34. The van der Waals surface area contributed by atoms with Crippen LogP contribution in [0.1, 0.15) is 56.8 Å². The Bertz CT molecular complexity index is 482. The first-order valence-electron chi connectivity index (χ1n) is 9.60. The summed E-state index contributed by atoms with van der Waals surface area (Å²) in [7, 11) is 0. The maximum atomic E-state index is 4.57. The molecule has 0 unspecified atom stereocenters. The number of rotatable bonds is 6. The van der Waals surface area contributed by atoms with Crippen molar-refractivity contribution in [2.45, 2.75) is 77.9 Å². The Morgan fingerprint density at radius 3 is 2.48 bits per heavy atom. The lowest BCUT2D eigenvalue weighted by Gasteiger charge is -2.36. The molecule has 4 nitrogen and oxygen atoms in total. The van der Waals surface area contributed by atoms with Crippen LogP contribution in [0.15, 0.2) is 6.07 Å². The molecular formula is C19H34N4. The lowest BCUT2D eigenvalue weighted by molar-refractivity contribution is 0.132. The van der Waals surface area contributed by atoms with Crippen molar-refractivity contribution < 1.29 is 0 Å². The van der Waals surface area contributed by atoms with Gasteiger partial charge >= 0.3 is 0 Å². The second-order valence-electron chi connectivity index (χ2n) is 7.84. The number of aryl methyl sites for hydroxylation is 2. The second-order valence-corrected chi connectivity index (χ2v) is 7.84. The number of hydrogen-bond acceptors (Lipinski definition) is 3. The SMILES string of the molecule is Cc1cc(C)n(C[C@H](C)NCC2CCN(C3CCCC3)CC2)n1. The van der Waals surface area contributed by atoms with E-state index in [2.05, 4.69) is 46.8 Å². The van der Waals surface area contributed by atoms with Crippen LogP contribution in [0.3, 0.4) is 0 Å². The Morgan fingerprint density at radius 2 is 1.87 bits per heavy atom. The van der Waals surface area contributed by atoms with E-state index in [-0.39, 0.29) is 0 Å². The Kier molecular flexibility index (Phi) is 5.76. The van der Waals surface area contributed by atoms with Crippen LogP contribution in [0, 0.1) is 19.8 Å². The quantitative estimate of drug-likeness (QED) is 0.875. The van der Waals surface area contributed by atoms with Crippen molar-refractivity contribution in [2.75, 3.05) is 19.6 Å². The van der Waals surface area contributed by atoms with Crippen molar-refractivity contribution >= 4 is 0 Å². The zero-order valence-electron chi connectivity index (χ0n) is 15.2. The Balaban J connectivity index is 1.36. The first-order valence-corrected chi connectivity index (χ1v) is 9.60. The molecule has 1 N–H and O–H groups in total. The van der Waals surface area contributed by atoms with Gasteiger partial charge in [0.15, 0.2) is 0 Å². The van der Waals surface area contributed by atoms with Gasteiger partial charge in [-0.2, -0.15) is 5.10 Å². The number of hydrogen-bond donors (Lipinski definition) is 1. The van der Waals surface area contributed by atoms with Crippen LogP contribution >= 0.6 is 0 Å². The standard InChI is InChI=1S/C19H34N4/c1-15-12-17(3)23(21-15)14-16(2)20-13-18-8-10-22(11-9-18)19-6-4-5-7-19/h12,16,18-20H,4-11,13-14H2,1-3H3/t16-/m0/s1. The van der Waals surface area contributed by atoms with Gasteiger partial charge < -0.3 is 10.2 Å². The first-order chi connectivity index (χ1) is 11.1. The zero-order valence-corrected chi connectivity index (χ0v) is 15.2. The highest BCUT2D eigenvalue weighted by atomic mass is 15.3. The van der Waals surface area contributed by atoms with E-state index in [1.807, 2.05) is 0 Å². The molecule has 23 heavy (non-hydrogen) atoms. The number of piperidine rings is 1. The molecule has 1 aromatic rings. The normalized spacial score (nSPS) is 22.7. The van der Waals surface area contributed by atoms with Gasteiger partial charge in [0, 0.05) is 17.8 Å². The number of aromatic nitrogens is 2. The van der Waals surface area contributed by atoms with Crippen LogP contribution in [0.2, 0.25) is 0 Å². The fraction of sp³-hybridized carbons (Fsp3) is 0.842. The van der Waals surface area contributed by atoms with Crippen LogP contribution in [0.5, 0.6) is 0 Å². The highest BCUT2D eigenvalue weighted by molar-refractivity contribution is 5.06. The average Bonchev–Trinajstić information content (AvgIpc) is 3.16. The van der Waals surface area contributed by atoms with Crippen LogP contribution in [-0.2, 0) is 6.54 Å². The molecular weight excluding hydrogens is 284 g/mol. The van der Waals surface area contributed by atoms with Gasteiger partial charge in [-0.3, -0.25) is 4.68 Å². The van der Waals surface area contributed by atoms with E-state index in [9.17, 15) is 0 Å². The van der Waals surface area contributed by atoms with Gasteiger partial charge in [-0.1, -0.05) is 12.8 Å². The van der Waals surface area contributed by atoms with Crippen LogP contribution < -0.4 is 5.32 Å². The molecule has 130 valence electrons. The average molecular weight is 319 g/mol. The highest BCUT2D eigenvalue weighted by Gasteiger charge is 2.27. The van der Waals surface area contributed by atoms with E-state index >= 15 is 0 Å². The maximum absolute atomic E-state index is 4.57.